The zero-order valence-corrected chi connectivity index (χ0v) is 12.9. The Morgan fingerprint density at radius 3 is 2.40 bits per heavy atom. The van der Waals surface area contributed by atoms with Crippen LogP contribution in [0.5, 0.6) is 0 Å². The first-order chi connectivity index (χ1) is 9.60. The van der Waals surface area contributed by atoms with Gasteiger partial charge in [-0.15, -0.1) is 0 Å². The number of aliphatic hydroxyl groups is 1. The van der Waals surface area contributed by atoms with Crippen LogP contribution in [-0.2, 0) is 0 Å². The summed E-state index contributed by atoms with van der Waals surface area (Å²) in [5, 5.41) is 9.77. The van der Waals surface area contributed by atoms with Gasteiger partial charge in [0.2, 0.25) is 0 Å². The van der Waals surface area contributed by atoms with Gasteiger partial charge in [-0.25, -0.2) is 0 Å². The molecule has 1 aromatic rings. The smallest absolute Gasteiger partial charge is 0.0957 e. The zero-order valence-electron chi connectivity index (χ0n) is 12.9. The van der Waals surface area contributed by atoms with E-state index in [2.05, 4.69) is 34.7 Å². The van der Waals surface area contributed by atoms with Crippen LogP contribution < -0.4 is 4.90 Å². The number of rotatable bonds is 5. The molecule has 1 aliphatic heterocycles. The highest BCUT2D eigenvalue weighted by molar-refractivity contribution is 5.45. The number of aliphatic hydroxyl groups excluding tert-OH is 1. The molecular formula is C16H27N3O. The molecule has 20 heavy (non-hydrogen) atoms. The van der Waals surface area contributed by atoms with Crippen LogP contribution in [0.2, 0.25) is 0 Å². The van der Waals surface area contributed by atoms with E-state index in [0.717, 1.165) is 37.8 Å². The van der Waals surface area contributed by atoms with Crippen molar-refractivity contribution in [2.45, 2.75) is 33.3 Å². The molecular weight excluding hydrogens is 250 g/mol. The third-order valence-corrected chi connectivity index (χ3v) is 3.86. The second-order valence-corrected chi connectivity index (χ2v) is 6.05. The van der Waals surface area contributed by atoms with E-state index in [1.54, 1.807) is 0 Å². The monoisotopic (exact) mass is 277 g/mol. The van der Waals surface area contributed by atoms with E-state index in [1.165, 1.54) is 12.2 Å². The van der Waals surface area contributed by atoms with Gasteiger partial charge in [0, 0.05) is 32.7 Å². The highest BCUT2D eigenvalue weighted by atomic mass is 16.3. The summed E-state index contributed by atoms with van der Waals surface area (Å²) in [4.78, 5) is 9.30. The number of piperazine rings is 1. The van der Waals surface area contributed by atoms with Gasteiger partial charge in [0.05, 0.1) is 23.7 Å². The predicted octanol–water partition coefficient (Wildman–Crippen LogP) is 2.30. The van der Waals surface area contributed by atoms with Crippen molar-refractivity contribution in [3.8, 4) is 0 Å². The minimum atomic E-state index is -0.438. The molecule has 0 aliphatic carbocycles. The van der Waals surface area contributed by atoms with Crippen LogP contribution in [0.3, 0.4) is 0 Å². The van der Waals surface area contributed by atoms with Crippen LogP contribution >= 0.6 is 0 Å². The predicted molar refractivity (Wildman–Crippen MR) is 83.0 cm³/mol. The van der Waals surface area contributed by atoms with Crippen LogP contribution in [0, 0.1) is 5.92 Å². The van der Waals surface area contributed by atoms with Gasteiger partial charge in [0.25, 0.3) is 0 Å². The van der Waals surface area contributed by atoms with Gasteiger partial charge in [-0.2, -0.15) is 0 Å². The lowest BCUT2D eigenvalue weighted by molar-refractivity contribution is 0.169. The molecule has 4 heteroatoms. The molecule has 1 aromatic heterocycles. The van der Waals surface area contributed by atoms with Crippen LogP contribution in [0.4, 0.5) is 5.69 Å². The second-order valence-electron chi connectivity index (χ2n) is 6.05. The Morgan fingerprint density at radius 2 is 1.90 bits per heavy atom. The van der Waals surface area contributed by atoms with Crippen LogP contribution in [-0.4, -0.2) is 47.7 Å². The maximum atomic E-state index is 9.77. The Labute approximate surface area is 122 Å². The maximum absolute atomic E-state index is 9.77. The zero-order chi connectivity index (χ0) is 14.5. The van der Waals surface area contributed by atoms with Crippen molar-refractivity contribution in [1.29, 1.82) is 0 Å². The molecule has 2 rings (SSSR count). The summed E-state index contributed by atoms with van der Waals surface area (Å²) < 4.78 is 0. The lowest BCUT2D eigenvalue weighted by Gasteiger charge is -2.36. The molecule has 0 radical (unpaired) electrons. The summed E-state index contributed by atoms with van der Waals surface area (Å²) in [6, 6.07) is 4.03. The van der Waals surface area contributed by atoms with Crippen LogP contribution in [0.25, 0.3) is 0 Å². The van der Waals surface area contributed by atoms with E-state index in [0.29, 0.717) is 6.42 Å². The molecule has 1 aliphatic rings. The normalized spacial score (nSPS) is 18.6. The average molecular weight is 277 g/mol. The largest absolute Gasteiger partial charge is 0.387 e. The summed E-state index contributed by atoms with van der Waals surface area (Å²) in [5.74, 6) is 0.734. The molecule has 1 saturated heterocycles. The van der Waals surface area contributed by atoms with Gasteiger partial charge in [-0.3, -0.25) is 9.88 Å². The van der Waals surface area contributed by atoms with E-state index < -0.39 is 6.10 Å². The Kier molecular flexibility index (Phi) is 5.38. The Bertz CT molecular complexity index is 397. The van der Waals surface area contributed by atoms with E-state index in [-0.39, 0.29) is 0 Å². The first-order valence-electron chi connectivity index (χ1n) is 7.71. The van der Waals surface area contributed by atoms with Crippen molar-refractivity contribution in [3.05, 3.63) is 24.0 Å². The lowest BCUT2D eigenvalue weighted by Crippen LogP contribution is -2.47. The van der Waals surface area contributed by atoms with Crippen LogP contribution in [0.1, 0.15) is 39.0 Å². The summed E-state index contributed by atoms with van der Waals surface area (Å²) in [6.45, 7) is 12.1. The molecule has 1 fully saturated rings. The summed E-state index contributed by atoms with van der Waals surface area (Å²) in [6.07, 6.45) is 2.17. The summed E-state index contributed by atoms with van der Waals surface area (Å²) in [5.41, 5.74) is 1.94. The quantitative estimate of drug-likeness (QED) is 0.896. The van der Waals surface area contributed by atoms with Gasteiger partial charge in [-0.05, 0) is 24.5 Å². The van der Waals surface area contributed by atoms with Crippen molar-refractivity contribution in [2.24, 2.45) is 5.92 Å². The molecule has 2 heterocycles. The molecule has 0 amide bonds. The number of nitrogens with zero attached hydrogens (tertiary/aromatic N) is 3. The fourth-order valence-corrected chi connectivity index (χ4v) is 2.70. The fraction of sp³-hybridized carbons (Fsp3) is 0.688. The molecule has 0 aromatic carbocycles. The summed E-state index contributed by atoms with van der Waals surface area (Å²) >= 11 is 0. The second kappa shape index (κ2) is 7.04. The first kappa shape index (κ1) is 15.3. The Morgan fingerprint density at radius 1 is 1.20 bits per heavy atom. The number of hydrogen-bond donors (Lipinski definition) is 1. The molecule has 112 valence electrons. The van der Waals surface area contributed by atoms with Gasteiger partial charge >= 0.3 is 0 Å². The number of anilines is 1. The fourth-order valence-electron chi connectivity index (χ4n) is 2.70. The Balaban J connectivity index is 1.90. The van der Waals surface area contributed by atoms with E-state index in [1.807, 2.05) is 19.2 Å². The van der Waals surface area contributed by atoms with E-state index in [9.17, 15) is 5.11 Å². The molecule has 0 spiro atoms. The third kappa shape index (κ3) is 3.93. The molecule has 1 unspecified atom stereocenters. The van der Waals surface area contributed by atoms with E-state index >= 15 is 0 Å². The highest BCUT2D eigenvalue weighted by Gasteiger charge is 2.18. The molecule has 0 saturated carbocycles. The maximum Gasteiger partial charge on any atom is 0.0957 e. The Hall–Kier alpha value is -1.13. The van der Waals surface area contributed by atoms with Crippen LogP contribution in [0.15, 0.2) is 18.3 Å². The molecule has 0 bridgehead atoms. The van der Waals surface area contributed by atoms with Crippen molar-refractivity contribution < 1.29 is 5.11 Å². The standard InChI is InChI=1S/C16H27N3O/c1-4-16(20)15-6-5-14(11-17-15)19-9-7-18(8-10-19)12-13(2)3/h5-6,11,13,16,20H,4,7-10,12H2,1-3H3. The summed E-state index contributed by atoms with van der Waals surface area (Å²) in [7, 11) is 0. The number of pyridine rings is 1. The number of hydrogen-bond acceptors (Lipinski definition) is 4. The third-order valence-electron chi connectivity index (χ3n) is 3.86. The van der Waals surface area contributed by atoms with Crippen molar-refractivity contribution in [1.82, 2.24) is 9.88 Å². The van der Waals surface area contributed by atoms with Crippen molar-refractivity contribution in [2.75, 3.05) is 37.6 Å². The van der Waals surface area contributed by atoms with Crippen molar-refractivity contribution in [3.63, 3.8) is 0 Å². The van der Waals surface area contributed by atoms with Gasteiger partial charge < -0.3 is 10.0 Å². The molecule has 1 atom stereocenters. The molecule has 4 nitrogen and oxygen atoms in total. The minimum Gasteiger partial charge on any atom is -0.387 e. The van der Waals surface area contributed by atoms with E-state index in [4.69, 9.17) is 0 Å². The topological polar surface area (TPSA) is 39.6 Å². The average Bonchev–Trinajstić information content (AvgIpc) is 2.47. The number of aromatic nitrogens is 1. The highest BCUT2D eigenvalue weighted by Crippen LogP contribution is 2.19. The molecule has 1 N–H and O–H groups in total. The minimum absolute atomic E-state index is 0.438. The van der Waals surface area contributed by atoms with Gasteiger partial charge in [0.1, 0.15) is 0 Å². The van der Waals surface area contributed by atoms with Gasteiger partial charge in [0.15, 0.2) is 0 Å². The lowest BCUT2D eigenvalue weighted by atomic mass is 10.1. The van der Waals surface area contributed by atoms with Crippen molar-refractivity contribution >= 4 is 5.69 Å². The first-order valence-corrected chi connectivity index (χ1v) is 7.71. The SMILES string of the molecule is CCC(O)c1ccc(N2CCN(CC(C)C)CC2)cn1. The van der Waals surface area contributed by atoms with Gasteiger partial charge in [-0.1, -0.05) is 20.8 Å².